The van der Waals surface area contributed by atoms with Crippen LogP contribution in [0.1, 0.15) is 37.6 Å². The molecule has 0 saturated heterocycles. The number of hydrogen-bond donors (Lipinski definition) is 1. The van der Waals surface area contributed by atoms with E-state index in [9.17, 15) is 4.79 Å². The zero-order valence-corrected chi connectivity index (χ0v) is 13.9. The van der Waals surface area contributed by atoms with Gasteiger partial charge < -0.3 is 9.88 Å². The molecule has 0 aliphatic rings. The number of nitrogens with zero attached hydrogens (tertiary/aromatic N) is 2. The molecule has 118 valence electrons. The molecule has 0 unspecified atom stereocenters. The van der Waals surface area contributed by atoms with Crippen LogP contribution >= 0.6 is 11.6 Å². The number of rotatable bonds is 7. The fourth-order valence-corrected chi connectivity index (χ4v) is 2.54. The average Bonchev–Trinajstić information content (AvgIpc) is 2.89. The van der Waals surface area contributed by atoms with Gasteiger partial charge in [0, 0.05) is 36.1 Å². The summed E-state index contributed by atoms with van der Waals surface area (Å²) in [5.41, 5.74) is 1.83. The number of nitrogens with one attached hydrogen (secondary N) is 1. The monoisotopic (exact) mass is 319 g/mol. The first-order valence-electron chi connectivity index (χ1n) is 7.66. The Morgan fingerprint density at radius 3 is 2.86 bits per heavy atom. The van der Waals surface area contributed by atoms with E-state index >= 15 is 0 Å². The molecule has 1 amide bonds. The quantitative estimate of drug-likeness (QED) is 0.830. The van der Waals surface area contributed by atoms with E-state index in [1.807, 2.05) is 31.3 Å². The minimum absolute atomic E-state index is 0.0414. The number of hydrogen-bond acceptors (Lipinski definition) is 2. The lowest BCUT2D eigenvalue weighted by Crippen LogP contribution is -2.11. The molecule has 1 aromatic heterocycles. The number of carbonyl (C=O) groups excluding carboxylic acids is 1. The second-order valence-electron chi connectivity index (χ2n) is 5.38. The number of carbonyl (C=O) groups is 1. The first kappa shape index (κ1) is 16.6. The van der Waals surface area contributed by atoms with Crippen molar-refractivity contribution in [1.82, 2.24) is 9.55 Å². The van der Waals surface area contributed by atoms with Crippen molar-refractivity contribution in [1.29, 1.82) is 0 Å². The van der Waals surface area contributed by atoms with Crippen LogP contribution in [0, 0.1) is 6.92 Å². The number of anilines is 1. The average molecular weight is 320 g/mol. The van der Waals surface area contributed by atoms with Crippen molar-refractivity contribution in [2.24, 2.45) is 0 Å². The molecule has 5 heteroatoms. The van der Waals surface area contributed by atoms with E-state index in [1.54, 1.807) is 6.20 Å². The van der Waals surface area contributed by atoms with E-state index in [2.05, 4.69) is 21.8 Å². The van der Waals surface area contributed by atoms with Gasteiger partial charge in [0.15, 0.2) is 0 Å². The zero-order valence-electron chi connectivity index (χ0n) is 13.1. The molecule has 0 bridgehead atoms. The zero-order chi connectivity index (χ0) is 15.9. The predicted molar refractivity (Wildman–Crippen MR) is 90.3 cm³/mol. The van der Waals surface area contributed by atoms with Crippen LogP contribution in [-0.4, -0.2) is 15.5 Å². The SMILES string of the molecule is CCCCC(=O)Nc1ccc(CCn2ccnc2C)c(Cl)c1. The van der Waals surface area contributed by atoms with Crippen molar-refractivity contribution in [3.63, 3.8) is 0 Å². The van der Waals surface area contributed by atoms with Gasteiger partial charge in [0.1, 0.15) is 5.82 Å². The van der Waals surface area contributed by atoms with Crippen molar-refractivity contribution >= 4 is 23.2 Å². The molecule has 0 fully saturated rings. The molecule has 0 aliphatic carbocycles. The number of unbranched alkanes of at least 4 members (excludes halogenated alkanes) is 1. The first-order valence-corrected chi connectivity index (χ1v) is 8.04. The molecule has 0 atom stereocenters. The molecule has 2 rings (SSSR count). The highest BCUT2D eigenvalue weighted by molar-refractivity contribution is 6.31. The fourth-order valence-electron chi connectivity index (χ4n) is 2.27. The van der Waals surface area contributed by atoms with Gasteiger partial charge in [-0.1, -0.05) is 31.0 Å². The maximum Gasteiger partial charge on any atom is 0.224 e. The summed E-state index contributed by atoms with van der Waals surface area (Å²) in [6.07, 6.45) is 7.07. The van der Waals surface area contributed by atoms with E-state index in [0.29, 0.717) is 11.4 Å². The van der Waals surface area contributed by atoms with Gasteiger partial charge in [0.2, 0.25) is 5.91 Å². The summed E-state index contributed by atoms with van der Waals surface area (Å²) in [7, 11) is 0. The van der Waals surface area contributed by atoms with Crippen LogP contribution in [0.5, 0.6) is 0 Å². The Hall–Kier alpha value is -1.81. The van der Waals surface area contributed by atoms with E-state index in [-0.39, 0.29) is 5.91 Å². The van der Waals surface area contributed by atoms with Gasteiger partial charge in [-0.25, -0.2) is 4.98 Å². The van der Waals surface area contributed by atoms with Crippen molar-refractivity contribution < 1.29 is 4.79 Å². The summed E-state index contributed by atoms with van der Waals surface area (Å²) >= 11 is 6.32. The highest BCUT2D eigenvalue weighted by atomic mass is 35.5. The molecular weight excluding hydrogens is 298 g/mol. The van der Waals surface area contributed by atoms with Crippen LogP contribution in [0.3, 0.4) is 0 Å². The third-order valence-electron chi connectivity index (χ3n) is 3.64. The Balaban J connectivity index is 1.94. The predicted octanol–water partition coefficient (Wildman–Crippen LogP) is 4.22. The van der Waals surface area contributed by atoms with Crippen molar-refractivity contribution in [2.45, 2.75) is 46.1 Å². The van der Waals surface area contributed by atoms with Gasteiger partial charge in [-0.2, -0.15) is 0 Å². The Labute approximate surface area is 136 Å². The first-order chi connectivity index (χ1) is 10.6. The molecule has 0 spiro atoms. The molecule has 22 heavy (non-hydrogen) atoms. The molecule has 0 radical (unpaired) electrons. The minimum atomic E-state index is 0.0414. The third kappa shape index (κ3) is 4.60. The lowest BCUT2D eigenvalue weighted by atomic mass is 10.1. The van der Waals surface area contributed by atoms with Crippen LogP contribution in [0.25, 0.3) is 0 Å². The number of aryl methyl sites for hydroxylation is 3. The Bertz CT molecular complexity index is 637. The number of halogens is 1. The summed E-state index contributed by atoms with van der Waals surface area (Å²) in [6, 6.07) is 5.71. The van der Waals surface area contributed by atoms with Gasteiger partial charge >= 0.3 is 0 Å². The van der Waals surface area contributed by atoms with Crippen LogP contribution in [0.4, 0.5) is 5.69 Å². The van der Waals surface area contributed by atoms with Crippen LogP contribution in [0.15, 0.2) is 30.6 Å². The van der Waals surface area contributed by atoms with E-state index in [4.69, 9.17) is 11.6 Å². The van der Waals surface area contributed by atoms with Crippen molar-refractivity contribution in [3.05, 3.63) is 47.0 Å². The van der Waals surface area contributed by atoms with Crippen LogP contribution in [0.2, 0.25) is 5.02 Å². The van der Waals surface area contributed by atoms with E-state index < -0.39 is 0 Å². The van der Waals surface area contributed by atoms with E-state index in [1.165, 1.54) is 0 Å². The number of amides is 1. The molecule has 0 saturated carbocycles. The molecule has 1 N–H and O–H groups in total. The Morgan fingerprint density at radius 1 is 1.41 bits per heavy atom. The van der Waals surface area contributed by atoms with Crippen LogP contribution < -0.4 is 5.32 Å². The van der Waals surface area contributed by atoms with Gasteiger partial charge in [0.25, 0.3) is 0 Å². The van der Waals surface area contributed by atoms with Crippen molar-refractivity contribution in [2.75, 3.05) is 5.32 Å². The van der Waals surface area contributed by atoms with Gasteiger partial charge in [-0.05, 0) is 37.5 Å². The smallest absolute Gasteiger partial charge is 0.224 e. The fraction of sp³-hybridized carbons (Fsp3) is 0.412. The molecule has 2 aromatic rings. The molecular formula is C17H22ClN3O. The maximum atomic E-state index is 11.7. The lowest BCUT2D eigenvalue weighted by molar-refractivity contribution is -0.116. The lowest BCUT2D eigenvalue weighted by Gasteiger charge is -2.10. The Morgan fingerprint density at radius 2 is 2.23 bits per heavy atom. The number of imidazole rings is 1. The number of benzene rings is 1. The van der Waals surface area contributed by atoms with E-state index in [0.717, 1.165) is 42.9 Å². The molecule has 1 heterocycles. The molecule has 4 nitrogen and oxygen atoms in total. The summed E-state index contributed by atoms with van der Waals surface area (Å²) in [5, 5.41) is 3.57. The van der Waals surface area contributed by atoms with Crippen molar-refractivity contribution in [3.8, 4) is 0 Å². The highest BCUT2D eigenvalue weighted by Gasteiger charge is 2.06. The van der Waals surface area contributed by atoms with Gasteiger partial charge in [-0.3, -0.25) is 4.79 Å². The number of aromatic nitrogens is 2. The minimum Gasteiger partial charge on any atom is -0.335 e. The summed E-state index contributed by atoms with van der Waals surface area (Å²) in [5.74, 6) is 1.04. The second kappa shape index (κ2) is 7.99. The van der Waals surface area contributed by atoms with Gasteiger partial charge in [-0.15, -0.1) is 0 Å². The summed E-state index contributed by atoms with van der Waals surface area (Å²) in [4.78, 5) is 15.9. The normalized spacial score (nSPS) is 10.7. The van der Waals surface area contributed by atoms with Gasteiger partial charge in [0.05, 0.1) is 0 Å². The summed E-state index contributed by atoms with van der Waals surface area (Å²) < 4.78 is 2.09. The largest absolute Gasteiger partial charge is 0.335 e. The second-order valence-corrected chi connectivity index (χ2v) is 5.78. The standard InChI is InChI=1S/C17H22ClN3O/c1-3-4-5-17(22)20-15-7-6-14(16(18)12-15)8-10-21-11-9-19-13(21)2/h6-7,9,11-12H,3-5,8,10H2,1-2H3,(H,20,22). The topological polar surface area (TPSA) is 46.9 Å². The maximum absolute atomic E-state index is 11.7. The molecule has 1 aromatic carbocycles. The summed E-state index contributed by atoms with van der Waals surface area (Å²) in [6.45, 7) is 4.89. The van der Waals surface area contributed by atoms with Crippen LogP contribution in [-0.2, 0) is 17.8 Å². The molecule has 0 aliphatic heterocycles. The Kier molecular flexibility index (Phi) is 6.01. The highest BCUT2D eigenvalue weighted by Crippen LogP contribution is 2.22. The third-order valence-corrected chi connectivity index (χ3v) is 3.99.